The highest BCUT2D eigenvalue weighted by Crippen LogP contribution is 2.28. The molecule has 0 heterocycles. The minimum atomic E-state index is 0.458. The Bertz CT molecular complexity index is 493. The van der Waals surface area contributed by atoms with E-state index in [4.69, 9.17) is 4.74 Å². The van der Waals surface area contributed by atoms with E-state index < -0.39 is 0 Å². The van der Waals surface area contributed by atoms with Crippen molar-refractivity contribution in [3.63, 3.8) is 0 Å². The molecule has 0 saturated heterocycles. The molecule has 0 amide bonds. The fourth-order valence-corrected chi connectivity index (χ4v) is 3.07. The summed E-state index contributed by atoms with van der Waals surface area (Å²) in [6.07, 6.45) is 0. The molecule has 0 saturated carbocycles. The number of ether oxygens (including phenoxy) is 1. The second kappa shape index (κ2) is 8.88. The summed E-state index contributed by atoms with van der Waals surface area (Å²) in [7, 11) is 0. The molecule has 2 aromatic carbocycles. The lowest BCUT2D eigenvalue weighted by molar-refractivity contribution is 0.0867. The molecule has 124 valence electrons. The van der Waals surface area contributed by atoms with Gasteiger partial charge in [0.05, 0.1) is 13.2 Å². The average Bonchev–Trinajstić information content (AvgIpc) is 2.56. The van der Waals surface area contributed by atoms with Crippen LogP contribution in [-0.4, -0.2) is 13.2 Å². The Morgan fingerprint density at radius 2 is 0.957 bits per heavy atom. The fraction of sp³-hybridized carbons (Fsp3) is 0.455. The molecule has 0 radical (unpaired) electrons. The van der Waals surface area contributed by atoms with Crippen molar-refractivity contribution in [2.45, 2.75) is 39.5 Å². The first-order valence-corrected chi connectivity index (χ1v) is 8.77. The normalized spacial score (nSPS) is 14.2. The molecule has 23 heavy (non-hydrogen) atoms. The van der Waals surface area contributed by atoms with Crippen molar-refractivity contribution in [1.29, 1.82) is 0 Å². The van der Waals surface area contributed by atoms with E-state index in [0.717, 1.165) is 13.2 Å². The third kappa shape index (κ3) is 5.21. The molecule has 1 heteroatoms. The van der Waals surface area contributed by atoms with Crippen LogP contribution in [0.2, 0.25) is 0 Å². The summed E-state index contributed by atoms with van der Waals surface area (Å²) >= 11 is 0. The number of benzene rings is 2. The monoisotopic (exact) mass is 310 g/mol. The van der Waals surface area contributed by atoms with Crippen LogP contribution >= 0.6 is 0 Å². The van der Waals surface area contributed by atoms with E-state index in [1.54, 1.807) is 0 Å². The molecule has 0 bridgehead atoms. The minimum absolute atomic E-state index is 0.458. The summed E-state index contributed by atoms with van der Waals surface area (Å²) in [6.45, 7) is 10.7. The molecule has 1 nitrogen and oxygen atoms in total. The van der Waals surface area contributed by atoms with E-state index >= 15 is 0 Å². The Balaban J connectivity index is 1.98. The third-order valence-corrected chi connectivity index (χ3v) is 4.66. The van der Waals surface area contributed by atoms with Gasteiger partial charge in [-0.2, -0.15) is 0 Å². The van der Waals surface area contributed by atoms with Crippen molar-refractivity contribution in [3.8, 4) is 0 Å². The van der Waals surface area contributed by atoms with Crippen molar-refractivity contribution >= 4 is 0 Å². The van der Waals surface area contributed by atoms with Gasteiger partial charge in [-0.3, -0.25) is 0 Å². The van der Waals surface area contributed by atoms with Crippen molar-refractivity contribution in [2.24, 2.45) is 11.8 Å². The van der Waals surface area contributed by atoms with Crippen LogP contribution in [0.1, 0.15) is 50.7 Å². The van der Waals surface area contributed by atoms with Crippen LogP contribution in [0.15, 0.2) is 60.7 Å². The standard InChI is InChI=1S/C22H30O/c1-17(2)21(19-11-7-5-8-12-19)15-23-16-22(18(3)4)20-13-9-6-10-14-20/h5-14,17-18,21-22H,15-16H2,1-4H3. The molecule has 0 spiro atoms. The Hall–Kier alpha value is -1.60. The third-order valence-electron chi connectivity index (χ3n) is 4.66. The van der Waals surface area contributed by atoms with E-state index in [1.807, 2.05) is 0 Å². The van der Waals surface area contributed by atoms with Gasteiger partial charge >= 0.3 is 0 Å². The summed E-state index contributed by atoms with van der Waals surface area (Å²) < 4.78 is 6.19. The first kappa shape index (κ1) is 17.7. The Labute approximate surface area is 141 Å². The molecule has 2 rings (SSSR count). The molecular weight excluding hydrogens is 280 g/mol. The molecule has 0 fully saturated rings. The summed E-state index contributed by atoms with van der Waals surface area (Å²) in [4.78, 5) is 0. The fourth-order valence-electron chi connectivity index (χ4n) is 3.07. The lowest BCUT2D eigenvalue weighted by Crippen LogP contribution is -2.19. The van der Waals surface area contributed by atoms with Crippen LogP contribution in [0, 0.1) is 11.8 Å². The smallest absolute Gasteiger partial charge is 0.0537 e. The maximum absolute atomic E-state index is 6.19. The van der Waals surface area contributed by atoms with Crippen LogP contribution < -0.4 is 0 Å². The van der Waals surface area contributed by atoms with Gasteiger partial charge in [-0.1, -0.05) is 88.4 Å². The van der Waals surface area contributed by atoms with Gasteiger partial charge in [-0.25, -0.2) is 0 Å². The van der Waals surface area contributed by atoms with E-state index in [0.29, 0.717) is 23.7 Å². The van der Waals surface area contributed by atoms with Crippen LogP contribution in [0.4, 0.5) is 0 Å². The topological polar surface area (TPSA) is 9.23 Å². The molecule has 0 N–H and O–H groups in total. The van der Waals surface area contributed by atoms with Crippen molar-refractivity contribution in [2.75, 3.05) is 13.2 Å². The van der Waals surface area contributed by atoms with Crippen molar-refractivity contribution < 1.29 is 4.74 Å². The molecule has 0 aliphatic heterocycles. The predicted molar refractivity (Wildman–Crippen MR) is 98.9 cm³/mol. The molecule has 2 aromatic rings. The molecule has 0 aromatic heterocycles. The van der Waals surface area contributed by atoms with Crippen LogP contribution in [0.3, 0.4) is 0 Å². The summed E-state index contributed by atoms with van der Waals surface area (Å²) in [5.41, 5.74) is 2.76. The summed E-state index contributed by atoms with van der Waals surface area (Å²) in [5.74, 6) is 2.07. The van der Waals surface area contributed by atoms with Gasteiger partial charge in [0.15, 0.2) is 0 Å². The Kier molecular flexibility index (Phi) is 6.85. The highest BCUT2D eigenvalue weighted by atomic mass is 16.5. The van der Waals surface area contributed by atoms with Crippen LogP contribution in [0.25, 0.3) is 0 Å². The number of hydrogen-bond acceptors (Lipinski definition) is 1. The van der Waals surface area contributed by atoms with Crippen molar-refractivity contribution in [1.82, 2.24) is 0 Å². The van der Waals surface area contributed by atoms with Gasteiger partial charge in [0, 0.05) is 11.8 Å². The number of hydrogen-bond donors (Lipinski definition) is 0. The maximum Gasteiger partial charge on any atom is 0.0537 e. The molecule has 2 unspecified atom stereocenters. The van der Waals surface area contributed by atoms with E-state index in [2.05, 4.69) is 88.4 Å². The van der Waals surface area contributed by atoms with Gasteiger partial charge in [0.1, 0.15) is 0 Å². The maximum atomic E-state index is 6.19. The quantitative estimate of drug-likeness (QED) is 0.591. The zero-order chi connectivity index (χ0) is 16.7. The average molecular weight is 310 g/mol. The van der Waals surface area contributed by atoms with Crippen molar-refractivity contribution in [3.05, 3.63) is 71.8 Å². The van der Waals surface area contributed by atoms with E-state index in [9.17, 15) is 0 Å². The highest BCUT2D eigenvalue weighted by molar-refractivity contribution is 5.21. The van der Waals surface area contributed by atoms with Gasteiger partial charge in [0.2, 0.25) is 0 Å². The SMILES string of the molecule is CC(C)C(COCC(c1ccccc1)C(C)C)c1ccccc1. The predicted octanol–water partition coefficient (Wildman–Crippen LogP) is 5.88. The summed E-state index contributed by atoms with van der Waals surface area (Å²) in [5, 5.41) is 0. The van der Waals surface area contributed by atoms with Crippen LogP contribution in [0.5, 0.6) is 0 Å². The second-order valence-electron chi connectivity index (χ2n) is 7.06. The molecule has 0 aliphatic carbocycles. The molecular formula is C22H30O. The molecule has 2 atom stereocenters. The first-order chi connectivity index (χ1) is 11.1. The summed E-state index contributed by atoms with van der Waals surface area (Å²) in [6, 6.07) is 21.5. The van der Waals surface area contributed by atoms with Crippen LogP contribution in [-0.2, 0) is 4.74 Å². The second-order valence-corrected chi connectivity index (χ2v) is 7.06. The largest absolute Gasteiger partial charge is 0.380 e. The zero-order valence-electron chi connectivity index (χ0n) is 14.9. The first-order valence-electron chi connectivity index (χ1n) is 8.77. The Morgan fingerprint density at radius 3 is 1.26 bits per heavy atom. The van der Waals surface area contributed by atoms with Gasteiger partial charge in [-0.05, 0) is 23.0 Å². The van der Waals surface area contributed by atoms with E-state index in [-0.39, 0.29) is 0 Å². The van der Waals surface area contributed by atoms with Gasteiger partial charge < -0.3 is 4.74 Å². The van der Waals surface area contributed by atoms with Gasteiger partial charge in [-0.15, -0.1) is 0 Å². The molecule has 0 aliphatic rings. The van der Waals surface area contributed by atoms with E-state index in [1.165, 1.54) is 11.1 Å². The number of rotatable bonds is 8. The lowest BCUT2D eigenvalue weighted by atomic mass is 9.88. The Morgan fingerprint density at radius 1 is 0.609 bits per heavy atom. The zero-order valence-corrected chi connectivity index (χ0v) is 14.9. The lowest BCUT2D eigenvalue weighted by Gasteiger charge is -2.25. The van der Waals surface area contributed by atoms with Gasteiger partial charge in [0.25, 0.3) is 0 Å². The highest BCUT2D eigenvalue weighted by Gasteiger charge is 2.19. The minimum Gasteiger partial charge on any atom is -0.380 e.